The van der Waals surface area contributed by atoms with Gasteiger partial charge in [0.2, 0.25) is 0 Å². The molecule has 0 rings (SSSR count). The molecule has 0 spiro atoms. The van der Waals surface area contributed by atoms with E-state index in [4.69, 9.17) is 5.11 Å². The van der Waals surface area contributed by atoms with Crippen LogP contribution >= 0.6 is 15.9 Å². The first-order valence-corrected chi connectivity index (χ1v) is 3.02. The van der Waals surface area contributed by atoms with Gasteiger partial charge in [0.1, 0.15) is 10.2 Å². The summed E-state index contributed by atoms with van der Waals surface area (Å²) in [4.78, 5) is 10.1. The van der Waals surface area contributed by atoms with Gasteiger partial charge in [-0.05, 0) is 22.9 Å². The topological polar surface area (TPSA) is 46.5 Å². The third-order valence-corrected chi connectivity index (χ3v) is 1.70. The van der Waals surface area contributed by atoms with Crippen LogP contribution in [0.1, 0.15) is 6.92 Å². The highest BCUT2D eigenvalue weighted by Crippen LogP contribution is 2.11. The number of aliphatic carboxylic acids is 1. The average Bonchev–Trinajstić information content (AvgIpc) is 1.84. The van der Waals surface area contributed by atoms with Crippen LogP contribution in [0, 0.1) is 0 Å². The van der Waals surface area contributed by atoms with Gasteiger partial charge in [-0.25, -0.2) is 4.79 Å². The molecule has 3 nitrogen and oxygen atoms in total. The first kappa shape index (κ1) is 8.49. The molecule has 4 heteroatoms. The Morgan fingerprint density at radius 2 is 2.11 bits per heavy atom. The van der Waals surface area contributed by atoms with Gasteiger partial charge in [0, 0.05) is 0 Å². The van der Waals surface area contributed by atoms with E-state index in [2.05, 4.69) is 20.7 Å². The van der Waals surface area contributed by atoms with Crippen molar-refractivity contribution in [2.75, 3.05) is 7.11 Å². The molecule has 0 aliphatic rings. The molecule has 0 aliphatic heterocycles. The third kappa shape index (κ3) is 2.51. The molecule has 0 bridgehead atoms. The van der Waals surface area contributed by atoms with Crippen LogP contribution in [0.25, 0.3) is 0 Å². The van der Waals surface area contributed by atoms with Crippen molar-refractivity contribution in [1.29, 1.82) is 0 Å². The summed E-state index contributed by atoms with van der Waals surface area (Å²) in [6.45, 7) is 1.57. The normalized spacial score (nSPS) is 12.3. The van der Waals surface area contributed by atoms with Crippen molar-refractivity contribution in [2.45, 2.75) is 6.92 Å². The molecule has 0 aromatic rings. The van der Waals surface area contributed by atoms with Crippen LogP contribution < -0.4 is 0 Å². The zero-order chi connectivity index (χ0) is 7.44. The van der Waals surface area contributed by atoms with E-state index in [0.29, 0.717) is 5.76 Å². The van der Waals surface area contributed by atoms with Crippen molar-refractivity contribution in [2.24, 2.45) is 0 Å². The van der Waals surface area contributed by atoms with Gasteiger partial charge in [-0.3, -0.25) is 0 Å². The Bertz CT molecular complexity index is 150. The van der Waals surface area contributed by atoms with E-state index in [9.17, 15) is 4.79 Å². The molecular formula is C5H7BrO3. The van der Waals surface area contributed by atoms with Gasteiger partial charge in [-0.1, -0.05) is 0 Å². The van der Waals surface area contributed by atoms with Crippen molar-refractivity contribution in [3.05, 3.63) is 10.2 Å². The summed E-state index contributed by atoms with van der Waals surface area (Å²) < 4.78 is 4.69. The Morgan fingerprint density at radius 3 is 2.22 bits per heavy atom. The predicted octanol–water partition coefficient (Wildman–Crippen LogP) is 1.34. The summed E-state index contributed by atoms with van der Waals surface area (Å²) in [6, 6.07) is 0. The number of hydrogen-bond acceptors (Lipinski definition) is 2. The van der Waals surface area contributed by atoms with Gasteiger partial charge < -0.3 is 9.84 Å². The zero-order valence-electron chi connectivity index (χ0n) is 5.14. The number of allylic oxidation sites excluding steroid dienone is 1. The number of rotatable bonds is 2. The number of carboxylic acids is 1. The SMILES string of the molecule is CO/C(C)=C(\Br)C(=O)O. The van der Waals surface area contributed by atoms with Crippen molar-refractivity contribution in [3.8, 4) is 0 Å². The Kier molecular flexibility index (Phi) is 3.30. The zero-order valence-corrected chi connectivity index (χ0v) is 6.73. The van der Waals surface area contributed by atoms with Gasteiger partial charge >= 0.3 is 5.97 Å². The van der Waals surface area contributed by atoms with Gasteiger partial charge in [0.25, 0.3) is 0 Å². The lowest BCUT2D eigenvalue weighted by molar-refractivity contribution is -0.131. The monoisotopic (exact) mass is 194 g/mol. The van der Waals surface area contributed by atoms with E-state index in [1.807, 2.05) is 0 Å². The van der Waals surface area contributed by atoms with Gasteiger partial charge in [0.15, 0.2) is 0 Å². The highest BCUT2D eigenvalue weighted by Gasteiger charge is 2.06. The summed E-state index contributed by atoms with van der Waals surface area (Å²) in [7, 11) is 1.42. The number of ether oxygens (including phenoxy) is 1. The maximum absolute atomic E-state index is 10.1. The first-order chi connectivity index (χ1) is 4.09. The summed E-state index contributed by atoms with van der Waals surface area (Å²) >= 11 is 2.82. The van der Waals surface area contributed by atoms with E-state index in [1.165, 1.54) is 7.11 Å². The van der Waals surface area contributed by atoms with Crippen molar-refractivity contribution >= 4 is 21.9 Å². The molecule has 0 unspecified atom stereocenters. The maximum Gasteiger partial charge on any atom is 0.346 e. The number of halogens is 1. The molecule has 0 saturated carbocycles. The maximum atomic E-state index is 10.1. The van der Waals surface area contributed by atoms with Crippen molar-refractivity contribution in [1.82, 2.24) is 0 Å². The molecular weight excluding hydrogens is 188 g/mol. The number of carbonyl (C=O) groups is 1. The van der Waals surface area contributed by atoms with E-state index in [1.54, 1.807) is 6.92 Å². The fraction of sp³-hybridized carbons (Fsp3) is 0.400. The standard InChI is InChI=1S/C5H7BrO3/c1-3(9-2)4(6)5(7)8/h1-2H3,(H,7,8)/b4-3-. The van der Waals surface area contributed by atoms with E-state index >= 15 is 0 Å². The lowest BCUT2D eigenvalue weighted by Gasteiger charge is -1.98. The van der Waals surface area contributed by atoms with Crippen LogP contribution in [-0.2, 0) is 9.53 Å². The van der Waals surface area contributed by atoms with Gasteiger partial charge in [-0.15, -0.1) is 0 Å². The Labute approximate surface area is 61.4 Å². The molecule has 1 N–H and O–H groups in total. The molecule has 0 fully saturated rings. The number of carboxylic acid groups (broad SMARTS) is 1. The minimum Gasteiger partial charge on any atom is -0.500 e. The second-order valence-corrected chi connectivity index (χ2v) is 2.17. The summed E-state index contributed by atoms with van der Waals surface area (Å²) in [5.74, 6) is -0.656. The second kappa shape index (κ2) is 3.50. The fourth-order valence-corrected chi connectivity index (χ4v) is 0.402. The lowest BCUT2D eigenvalue weighted by Crippen LogP contribution is -1.97. The third-order valence-electron chi connectivity index (χ3n) is 0.803. The van der Waals surface area contributed by atoms with Gasteiger partial charge in [0.05, 0.1) is 7.11 Å². The van der Waals surface area contributed by atoms with E-state index in [-0.39, 0.29) is 4.48 Å². The minimum absolute atomic E-state index is 0.0602. The smallest absolute Gasteiger partial charge is 0.346 e. The van der Waals surface area contributed by atoms with E-state index < -0.39 is 5.97 Å². The number of hydrogen-bond donors (Lipinski definition) is 1. The molecule has 52 valence electrons. The summed E-state index contributed by atoms with van der Waals surface area (Å²) in [5, 5.41) is 8.30. The lowest BCUT2D eigenvalue weighted by atomic mass is 10.5. The molecule has 0 aromatic carbocycles. The molecule has 0 saturated heterocycles. The second-order valence-electron chi connectivity index (χ2n) is 1.38. The Morgan fingerprint density at radius 1 is 1.67 bits per heavy atom. The van der Waals surface area contributed by atoms with Crippen LogP contribution in [0.2, 0.25) is 0 Å². The van der Waals surface area contributed by atoms with Crippen LogP contribution in [0.4, 0.5) is 0 Å². The van der Waals surface area contributed by atoms with Crippen LogP contribution in [0.15, 0.2) is 10.2 Å². The molecule has 0 atom stereocenters. The average molecular weight is 195 g/mol. The largest absolute Gasteiger partial charge is 0.500 e. The van der Waals surface area contributed by atoms with E-state index in [0.717, 1.165) is 0 Å². The fourth-order valence-electron chi connectivity index (χ4n) is 0.240. The molecule has 0 heterocycles. The predicted molar refractivity (Wildman–Crippen MR) is 36.3 cm³/mol. The molecule has 0 amide bonds. The Balaban J connectivity index is 4.28. The quantitative estimate of drug-likeness (QED) is 0.534. The van der Waals surface area contributed by atoms with Gasteiger partial charge in [-0.2, -0.15) is 0 Å². The highest BCUT2D eigenvalue weighted by atomic mass is 79.9. The minimum atomic E-state index is -1.02. The first-order valence-electron chi connectivity index (χ1n) is 2.23. The summed E-state index contributed by atoms with van der Waals surface area (Å²) in [5.41, 5.74) is 0. The molecule has 0 radical (unpaired) electrons. The van der Waals surface area contributed by atoms with Crippen LogP contribution in [-0.4, -0.2) is 18.2 Å². The highest BCUT2D eigenvalue weighted by molar-refractivity contribution is 9.12. The van der Waals surface area contributed by atoms with Crippen LogP contribution in [0.3, 0.4) is 0 Å². The van der Waals surface area contributed by atoms with Crippen LogP contribution in [0.5, 0.6) is 0 Å². The Hall–Kier alpha value is -0.510. The summed E-state index contributed by atoms with van der Waals surface area (Å²) in [6.07, 6.45) is 0. The number of methoxy groups -OCH3 is 1. The molecule has 0 aromatic heterocycles. The molecule has 0 aliphatic carbocycles. The van der Waals surface area contributed by atoms with Crippen molar-refractivity contribution < 1.29 is 14.6 Å². The molecule has 9 heavy (non-hydrogen) atoms. The van der Waals surface area contributed by atoms with Crippen molar-refractivity contribution in [3.63, 3.8) is 0 Å².